The normalized spacial score (nSPS) is 12.0. The van der Waals surface area contributed by atoms with Gasteiger partial charge in [0.25, 0.3) is 0 Å². The van der Waals surface area contributed by atoms with Crippen LogP contribution in [0.4, 0.5) is 17.6 Å². The minimum Gasteiger partial charge on any atom is -0.487 e. The van der Waals surface area contributed by atoms with E-state index < -0.39 is 35.0 Å². The molecule has 0 spiro atoms. The van der Waals surface area contributed by atoms with Crippen LogP contribution in [-0.4, -0.2) is 32.1 Å². The molecule has 0 saturated heterocycles. The van der Waals surface area contributed by atoms with Gasteiger partial charge in [-0.2, -0.15) is 18.3 Å². The zero-order chi connectivity index (χ0) is 31.8. The number of esters is 1. The molecule has 5 aromatic rings. The maximum absolute atomic E-state index is 14.7. The Labute approximate surface area is 249 Å². The maximum atomic E-state index is 14.7. The van der Waals surface area contributed by atoms with Crippen molar-refractivity contribution in [3.8, 4) is 11.4 Å². The molecule has 0 aliphatic carbocycles. The highest BCUT2D eigenvalue weighted by Crippen LogP contribution is 2.30. The molecule has 0 N–H and O–H groups in total. The number of Topliss-reactive ketones (excluding diaryl/α,β-unsaturated/α-hetero) is 1. The lowest BCUT2D eigenvalue weighted by molar-refractivity contribution is -0.141. The average Bonchev–Trinajstić information content (AvgIpc) is 3.54. The first-order chi connectivity index (χ1) is 20.7. The summed E-state index contributed by atoms with van der Waals surface area (Å²) in [5.74, 6) is -0.972. The van der Waals surface area contributed by atoms with Gasteiger partial charge in [-0.25, -0.2) is 18.9 Å². The fourth-order valence-corrected chi connectivity index (χ4v) is 4.39. The lowest BCUT2D eigenvalue weighted by atomic mass is 10.0. The first-order valence-corrected chi connectivity index (χ1v) is 13.5. The molecule has 2 heterocycles. The van der Waals surface area contributed by atoms with E-state index >= 15 is 0 Å². The molecule has 8 nitrogen and oxygen atoms in total. The van der Waals surface area contributed by atoms with Crippen LogP contribution < -0.4 is 4.74 Å². The molecule has 3 aromatic carbocycles. The SMILES string of the molecule is Cc1nc2cc(F)c(CC(=O)c3cccc(-n4nc(C(F)(F)F)cc4COc4ccc(C(=O)OC(C)(C)C)cc4)c3)cc2o1. The molecule has 2 aromatic heterocycles. The number of ketones is 1. The van der Waals surface area contributed by atoms with Crippen molar-refractivity contribution in [2.45, 2.75) is 52.5 Å². The lowest BCUT2D eigenvalue weighted by Crippen LogP contribution is -2.23. The molecule has 0 bridgehead atoms. The van der Waals surface area contributed by atoms with Crippen LogP contribution in [0.25, 0.3) is 16.8 Å². The number of ether oxygens (including phenoxy) is 2. The van der Waals surface area contributed by atoms with E-state index in [-0.39, 0.29) is 41.1 Å². The zero-order valence-electron chi connectivity index (χ0n) is 24.2. The molecule has 228 valence electrons. The van der Waals surface area contributed by atoms with Gasteiger partial charge in [-0.1, -0.05) is 12.1 Å². The number of benzene rings is 3. The number of nitrogens with zero attached hydrogens (tertiary/aromatic N) is 3. The van der Waals surface area contributed by atoms with Gasteiger partial charge in [0.2, 0.25) is 0 Å². The van der Waals surface area contributed by atoms with Crippen LogP contribution >= 0.6 is 0 Å². The molecule has 44 heavy (non-hydrogen) atoms. The highest BCUT2D eigenvalue weighted by atomic mass is 19.4. The van der Waals surface area contributed by atoms with Crippen molar-refractivity contribution in [3.63, 3.8) is 0 Å². The lowest BCUT2D eigenvalue weighted by Gasteiger charge is -2.19. The molecule has 0 aliphatic heterocycles. The van der Waals surface area contributed by atoms with E-state index in [2.05, 4.69) is 10.1 Å². The van der Waals surface area contributed by atoms with Crippen molar-refractivity contribution in [1.82, 2.24) is 14.8 Å². The van der Waals surface area contributed by atoms with Crippen molar-refractivity contribution in [3.05, 3.63) is 107 Å². The maximum Gasteiger partial charge on any atom is 0.435 e. The molecule has 0 saturated carbocycles. The summed E-state index contributed by atoms with van der Waals surface area (Å²) in [6, 6.07) is 15.3. The number of aryl methyl sites for hydroxylation is 1. The Morgan fingerprint density at radius 2 is 1.68 bits per heavy atom. The molecule has 0 atom stereocenters. The Kier molecular flexibility index (Phi) is 8.02. The van der Waals surface area contributed by atoms with Crippen LogP contribution in [0.3, 0.4) is 0 Å². The summed E-state index contributed by atoms with van der Waals surface area (Å²) in [6.45, 7) is 6.54. The number of fused-ring (bicyclic) bond motifs is 1. The number of alkyl halides is 3. The summed E-state index contributed by atoms with van der Waals surface area (Å²) >= 11 is 0. The molecule has 12 heteroatoms. The number of carbonyl (C=O) groups excluding carboxylic acids is 2. The zero-order valence-corrected chi connectivity index (χ0v) is 24.2. The van der Waals surface area contributed by atoms with Gasteiger partial charge in [0, 0.05) is 25.0 Å². The molecule has 0 unspecified atom stereocenters. The first-order valence-electron chi connectivity index (χ1n) is 13.5. The van der Waals surface area contributed by atoms with Gasteiger partial charge in [0.1, 0.15) is 29.3 Å². The summed E-state index contributed by atoms with van der Waals surface area (Å²) in [5, 5.41) is 3.73. The van der Waals surface area contributed by atoms with Crippen molar-refractivity contribution < 1.29 is 41.0 Å². The number of halogens is 4. The molecule has 0 amide bonds. The van der Waals surface area contributed by atoms with Gasteiger partial charge in [-0.3, -0.25) is 4.79 Å². The van der Waals surface area contributed by atoms with Crippen LogP contribution in [0.15, 0.2) is 71.1 Å². The van der Waals surface area contributed by atoms with Gasteiger partial charge in [-0.05, 0) is 74.9 Å². The predicted octanol–water partition coefficient (Wildman–Crippen LogP) is 7.44. The summed E-state index contributed by atoms with van der Waals surface area (Å²) in [4.78, 5) is 29.5. The molecular formula is C32H27F4N3O5. The average molecular weight is 610 g/mol. The van der Waals surface area contributed by atoms with E-state index in [0.717, 1.165) is 10.7 Å². The summed E-state index contributed by atoms with van der Waals surface area (Å²) < 4.78 is 73.1. The number of hydrogen-bond acceptors (Lipinski definition) is 7. The van der Waals surface area contributed by atoms with Crippen molar-refractivity contribution >= 4 is 22.9 Å². The second-order valence-electron chi connectivity index (χ2n) is 11.0. The van der Waals surface area contributed by atoms with E-state index in [4.69, 9.17) is 13.9 Å². The minimum absolute atomic E-state index is 0.0512. The van der Waals surface area contributed by atoms with Crippen LogP contribution in [0.2, 0.25) is 0 Å². The van der Waals surface area contributed by atoms with E-state index in [9.17, 15) is 27.2 Å². The first kappa shape index (κ1) is 30.5. The third kappa shape index (κ3) is 6.96. The standard InChI is InChI=1S/C32H27F4N3O5/c1-18-37-26-16-25(33)21(14-28(26)43-18)13-27(40)20-6-5-7-22(12-20)39-23(15-29(38-39)32(34,35)36)17-42-24-10-8-19(9-11-24)30(41)44-31(2,3)4/h5-12,14-16H,13,17H2,1-4H3. The van der Waals surface area contributed by atoms with E-state index in [1.807, 2.05) is 0 Å². The van der Waals surface area contributed by atoms with Gasteiger partial charge < -0.3 is 13.9 Å². The second kappa shape index (κ2) is 11.6. The molecule has 0 fully saturated rings. The topological polar surface area (TPSA) is 96.5 Å². The second-order valence-corrected chi connectivity index (χ2v) is 11.0. The monoisotopic (exact) mass is 609 g/mol. The number of aromatic nitrogens is 3. The smallest absolute Gasteiger partial charge is 0.435 e. The van der Waals surface area contributed by atoms with Crippen LogP contribution in [-0.2, 0) is 23.9 Å². The Morgan fingerprint density at radius 3 is 2.36 bits per heavy atom. The third-order valence-corrected chi connectivity index (χ3v) is 6.38. The minimum atomic E-state index is -4.74. The van der Waals surface area contributed by atoms with Crippen LogP contribution in [0.5, 0.6) is 5.75 Å². The van der Waals surface area contributed by atoms with E-state index in [1.54, 1.807) is 27.7 Å². The Hall–Kier alpha value is -5.00. The molecule has 5 rings (SSSR count). The van der Waals surface area contributed by atoms with E-state index in [0.29, 0.717) is 22.7 Å². The van der Waals surface area contributed by atoms with Gasteiger partial charge in [0.05, 0.1) is 16.9 Å². The van der Waals surface area contributed by atoms with Crippen molar-refractivity contribution in [1.29, 1.82) is 0 Å². The summed E-state index contributed by atoms with van der Waals surface area (Å²) in [6.07, 6.45) is -5.05. The van der Waals surface area contributed by atoms with Gasteiger partial charge >= 0.3 is 12.1 Å². The van der Waals surface area contributed by atoms with Crippen molar-refractivity contribution in [2.24, 2.45) is 0 Å². The van der Waals surface area contributed by atoms with E-state index in [1.165, 1.54) is 60.7 Å². The van der Waals surface area contributed by atoms with Gasteiger partial charge in [-0.15, -0.1) is 0 Å². The fourth-order valence-electron chi connectivity index (χ4n) is 4.39. The van der Waals surface area contributed by atoms with Crippen LogP contribution in [0.1, 0.15) is 64.3 Å². The molecular weight excluding hydrogens is 582 g/mol. The summed E-state index contributed by atoms with van der Waals surface area (Å²) in [7, 11) is 0. The van der Waals surface area contributed by atoms with Crippen molar-refractivity contribution in [2.75, 3.05) is 0 Å². The Bertz CT molecular complexity index is 1850. The Balaban J connectivity index is 1.37. The Morgan fingerprint density at radius 1 is 0.955 bits per heavy atom. The summed E-state index contributed by atoms with van der Waals surface area (Å²) in [5.41, 5.74) is -0.419. The number of oxazole rings is 1. The highest BCUT2D eigenvalue weighted by molar-refractivity contribution is 5.98. The number of carbonyl (C=O) groups is 2. The third-order valence-electron chi connectivity index (χ3n) is 6.38. The molecule has 0 radical (unpaired) electrons. The van der Waals surface area contributed by atoms with Gasteiger partial charge in [0.15, 0.2) is 23.0 Å². The molecule has 0 aliphatic rings. The number of hydrogen-bond donors (Lipinski definition) is 0. The quantitative estimate of drug-likeness (QED) is 0.102. The fraction of sp³-hybridized carbons (Fsp3) is 0.250. The number of rotatable bonds is 8. The predicted molar refractivity (Wildman–Crippen MR) is 151 cm³/mol. The van der Waals surface area contributed by atoms with Crippen LogP contribution in [0, 0.1) is 12.7 Å². The highest BCUT2D eigenvalue weighted by Gasteiger charge is 2.35. The largest absolute Gasteiger partial charge is 0.487 e.